The van der Waals surface area contributed by atoms with Gasteiger partial charge in [0.2, 0.25) is 0 Å². The number of nitrogens with one attached hydrogen (secondary N) is 1. The summed E-state index contributed by atoms with van der Waals surface area (Å²) < 4.78 is 0.892. The average Bonchev–Trinajstić information content (AvgIpc) is 2.67. The molecule has 16 heavy (non-hydrogen) atoms. The summed E-state index contributed by atoms with van der Waals surface area (Å²) in [6.07, 6.45) is 0. The molecule has 0 aliphatic rings. The molecule has 0 amide bonds. The van der Waals surface area contributed by atoms with E-state index in [2.05, 4.69) is 31.6 Å². The van der Waals surface area contributed by atoms with Crippen LogP contribution in [0.4, 0.5) is 5.69 Å². The van der Waals surface area contributed by atoms with Crippen LogP contribution in [-0.2, 0) is 6.54 Å². The first-order chi connectivity index (χ1) is 7.66. The van der Waals surface area contributed by atoms with E-state index in [4.69, 9.17) is 11.6 Å². The Bertz CT molecular complexity index is 498. The van der Waals surface area contributed by atoms with Crippen LogP contribution < -0.4 is 5.32 Å². The molecule has 5 heteroatoms. The second-order valence-corrected chi connectivity index (χ2v) is 5.58. The smallest absolute Gasteiger partial charge is 0.0898 e. The van der Waals surface area contributed by atoms with Gasteiger partial charge in [0.1, 0.15) is 0 Å². The number of benzene rings is 1. The van der Waals surface area contributed by atoms with E-state index in [1.165, 1.54) is 0 Å². The van der Waals surface area contributed by atoms with E-state index in [0.29, 0.717) is 11.6 Å². The third-order valence-electron chi connectivity index (χ3n) is 2.08. The number of nitrogens with zero attached hydrogens (tertiary/aromatic N) is 1. The Balaban J connectivity index is 2.07. The number of halogens is 2. The zero-order valence-electron chi connectivity index (χ0n) is 8.63. The number of hydrogen-bond acceptors (Lipinski definition) is 3. The molecule has 1 heterocycles. The van der Waals surface area contributed by atoms with Crippen molar-refractivity contribution in [1.82, 2.24) is 4.98 Å². The van der Waals surface area contributed by atoms with Gasteiger partial charge in [-0.15, -0.1) is 11.3 Å². The molecule has 84 valence electrons. The minimum Gasteiger partial charge on any atom is -0.378 e. The van der Waals surface area contributed by atoms with Crippen LogP contribution in [0.3, 0.4) is 0 Å². The second-order valence-electron chi connectivity index (χ2n) is 3.31. The zero-order chi connectivity index (χ0) is 11.5. The molecule has 0 aliphatic heterocycles. The van der Waals surface area contributed by atoms with Gasteiger partial charge in [-0.3, -0.25) is 0 Å². The van der Waals surface area contributed by atoms with Crippen molar-refractivity contribution in [2.24, 2.45) is 0 Å². The van der Waals surface area contributed by atoms with Crippen molar-refractivity contribution in [2.75, 3.05) is 5.32 Å². The number of thiazole rings is 1. The van der Waals surface area contributed by atoms with Crippen molar-refractivity contribution in [3.05, 3.63) is 43.8 Å². The van der Waals surface area contributed by atoms with Gasteiger partial charge in [0.25, 0.3) is 0 Å². The molecule has 0 radical (unpaired) electrons. The maximum Gasteiger partial charge on any atom is 0.0898 e. The van der Waals surface area contributed by atoms with Crippen molar-refractivity contribution in [1.29, 1.82) is 0 Å². The van der Waals surface area contributed by atoms with E-state index in [-0.39, 0.29) is 0 Å². The van der Waals surface area contributed by atoms with Gasteiger partial charge in [-0.2, -0.15) is 0 Å². The molecule has 0 atom stereocenters. The maximum atomic E-state index is 6.00. The molecular weight excluding hydrogens is 308 g/mol. The molecule has 2 aromatic rings. The summed E-state index contributed by atoms with van der Waals surface area (Å²) in [6.45, 7) is 2.72. The summed E-state index contributed by atoms with van der Waals surface area (Å²) in [6, 6.07) is 5.75. The molecule has 0 unspecified atom stereocenters. The number of aromatic nitrogens is 1. The van der Waals surface area contributed by atoms with E-state index in [9.17, 15) is 0 Å². The predicted octanol–water partition coefficient (Wildman–Crippen LogP) is 4.48. The quantitative estimate of drug-likeness (QED) is 0.903. The van der Waals surface area contributed by atoms with Crippen LogP contribution in [0.1, 0.15) is 10.7 Å². The number of aryl methyl sites for hydroxylation is 1. The van der Waals surface area contributed by atoms with Crippen LogP contribution >= 0.6 is 38.9 Å². The van der Waals surface area contributed by atoms with Gasteiger partial charge in [-0.1, -0.05) is 17.7 Å². The van der Waals surface area contributed by atoms with Crippen LogP contribution in [0, 0.1) is 6.92 Å². The Kier molecular flexibility index (Phi) is 3.84. The Morgan fingerprint density at radius 1 is 1.50 bits per heavy atom. The normalized spacial score (nSPS) is 10.4. The minimum absolute atomic E-state index is 0.708. The van der Waals surface area contributed by atoms with Gasteiger partial charge in [0.15, 0.2) is 0 Å². The van der Waals surface area contributed by atoms with Crippen molar-refractivity contribution in [3.8, 4) is 0 Å². The Morgan fingerprint density at radius 2 is 2.31 bits per heavy atom. The van der Waals surface area contributed by atoms with Crippen LogP contribution in [0.5, 0.6) is 0 Å². The lowest BCUT2D eigenvalue weighted by Gasteiger charge is -2.07. The van der Waals surface area contributed by atoms with E-state index in [1.54, 1.807) is 11.3 Å². The number of anilines is 1. The molecule has 0 fully saturated rings. The topological polar surface area (TPSA) is 24.9 Å². The molecule has 1 aromatic carbocycles. The summed E-state index contributed by atoms with van der Waals surface area (Å²) in [5.74, 6) is 0. The first-order valence-corrected chi connectivity index (χ1v) is 6.81. The molecule has 1 aromatic heterocycles. The minimum atomic E-state index is 0.708. The first-order valence-electron chi connectivity index (χ1n) is 4.75. The van der Waals surface area contributed by atoms with Gasteiger partial charge in [0.05, 0.1) is 32.4 Å². The average molecular weight is 318 g/mol. The first kappa shape index (κ1) is 11.9. The highest BCUT2D eigenvalue weighted by Gasteiger charge is 2.04. The van der Waals surface area contributed by atoms with Crippen LogP contribution in [0.25, 0.3) is 0 Å². The summed E-state index contributed by atoms with van der Waals surface area (Å²) in [5, 5.41) is 7.15. The lowest BCUT2D eigenvalue weighted by Crippen LogP contribution is -2.00. The van der Waals surface area contributed by atoms with Crippen LogP contribution in [-0.4, -0.2) is 4.98 Å². The number of hydrogen-bond donors (Lipinski definition) is 1. The fraction of sp³-hybridized carbons (Fsp3) is 0.182. The third kappa shape index (κ3) is 2.75. The highest BCUT2D eigenvalue weighted by Crippen LogP contribution is 2.30. The Hall–Kier alpha value is -0.580. The molecule has 0 saturated carbocycles. The fourth-order valence-electron chi connectivity index (χ4n) is 1.32. The lowest BCUT2D eigenvalue weighted by atomic mass is 10.3. The van der Waals surface area contributed by atoms with Gasteiger partial charge in [-0.05, 0) is 35.0 Å². The summed E-state index contributed by atoms with van der Waals surface area (Å²) in [4.78, 5) is 4.39. The van der Waals surface area contributed by atoms with Gasteiger partial charge in [-0.25, -0.2) is 4.98 Å². The maximum absolute atomic E-state index is 6.00. The van der Waals surface area contributed by atoms with E-state index in [1.807, 2.05) is 25.1 Å². The Labute approximate surface area is 112 Å². The largest absolute Gasteiger partial charge is 0.378 e. The standard InChI is InChI=1S/C11H10BrClN2S/c1-7-15-8(6-16-7)5-14-10-4-2-3-9(13)11(10)12/h2-4,6,14H,5H2,1H3. The molecular formula is C11H10BrClN2S. The Morgan fingerprint density at radius 3 is 3.00 bits per heavy atom. The monoisotopic (exact) mass is 316 g/mol. The van der Waals surface area contributed by atoms with Crippen LogP contribution in [0.2, 0.25) is 5.02 Å². The van der Waals surface area contributed by atoms with Crippen molar-refractivity contribution in [3.63, 3.8) is 0 Å². The van der Waals surface area contributed by atoms with Gasteiger partial charge >= 0.3 is 0 Å². The zero-order valence-corrected chi connectivity index (χ0v) is 11.8. The molecule has 0 aliphatic carbocycles. The van der Waals surface area contributed by atoms with Gasteiger partial charge in [0, 0.05) is 5.38 Å². The molecule has 1 N–H and O–H groups in total. The van der Waals surface area contributed by atoms with E-state index in [0.717, 1.165) is 20.9 Å². The summed E-state index contributed by atoms with van der Waals surface area (Å²) in [7, 11) is 0. The highest BCUT2D eigenvalue weighted by molar-refractivity contribution is 9.10. The molecule has 2 nitrogen and oxygen atoms in total. The summed E-state index contributed by atoms with van der Waals surface area (Å²) >= 11 is 11.1. The molecule has 0 spiro atoms. The highest BCUT2D eigenvalue weighted by atomic mass is 79.9. The lowest BCUT2D eigenvalue weighted by molar-refractivity contribution is 1.05. The SMILES string of the molecule is Cc1nc(CNc2cccc(Cl)c2Br)cs1. The predicted molar refractivity (Wildman–Crippen MR) is 73.3 cm³/mol. The van der Waals surface area contributed by atoms with Crippen LogP contribution in [0.15, 0.2) is 28.1 Å². The van der Waals surface area contributed by atoms with E-state index >= 15 is 0 Å². The van der Waals surface area contributed by atoms with Crippen molar-refractivity contribution in [2.45, 2.75) is 13.5 Å². The van der Waals surface area contributed by atoms with Crippen molar-refractivity contribution >= 4 is 44.6 Å². The summed E-state index contributed by atoms with van der Waals surface area (Å²) in [5.41, 5.74) is 2.03. The third-order valence-corrected chi connectivity index (χ3v) is 4.30. The second kappa shape index (κ2) is 5.17. The molecule has 0 bridgehead atoms. The number of rotatable bonds is 3. The molecule has 0 saturated heterocycles. The molecule has 2 rings (SSSR count). The van der Waals surface area contributed by atoms with E-state index < -0.39 is 0 Å². The van der Waals surface area contributed by atoms with Crippen molar-refractivity contribution < 1.29 is 0 Å². The fourth-order valence-corrected chi connectivity index (χ4v) is 2.51. The van der Waals surface area contributed by atoms with Gasteiger partial charge < -0.3 is 5.32 Å².